The van der Waals surface area contributed by atoms with Crippen LogP contribution in [0.4, 0.5) is 4.79 Å². The second-order valence-electron chi connectivity index (χ2n) is 5.33. The maximum atomic E-state index is 12.5. The number of carbonyl (C=O) groups excluding carboxylic acids is 1. The van der Waals surface area contributed by atoms with E-state index >= 15 is 0 Å². The largest absolute Gasteiger partial charge is 0.465 e. The van der Waals surface area contributed by atoms with E-state index in [2.05, 4.69) is 27.4 Å². The number of nitrogens with one attached hydrogen (secondary N) is 1. The van der Waals surface area contributed by atoms with Crippen LogP contribution in [0.25, 0.3) is 11.2 Å². The lowest BCUT2D eigenvalue weighted by atomic mass is 10.1. The van der Waals surface area contributed by atoms with E-state index < -0.39 is 0 Å². The Balaban J connectivity index is 1.66. The lowest BCUT2D eigenvalue weighted by molar-refractivity contribution is 0.235. The molecule has 24 heavy (non-hydrogen) atoms. The van der Waals surface area contributed by atoms with E-state index in [0.717, 1.165) is 12.8 Å². The van der Waals surface area contributed by atoms with Crippen LogP contribution in [0.2, 0.25) is 0 Å². The quantitative estimate of drug-likeness (QED) is 0.708. The molecule has 0 aliphatic carbocycles. The number of aryl methyl sites for hydroxylation is 1. The van der Waals surface area contributed by atoms with Gasteiger partial charge in [-0.05, 0) is 37.5 Å². The number of pyridine rings is 1. The molecule has 0 saturated heterocycles. The third-order valence-corrected chi connectivity index (χ3v) is 3.64. The summed E-state index contributed by atoms with van der Waals surface area (Å²) in [5.41, 5.74) is 2.40. The molecule has 124 valence electrons. The highest BCUT2D eigenvalue weighted by atomic mass is 16.5. The Bertz CT molecular complexity index is 814. The van der Waals surface area contributed by atoms with Crippen molar-refractivity contribution < 1.29 is 9.53 Å². The average Bonchev–Trinajstić information content (AvgIpc) is 2.98. The van der Waals surface area contributed by atoms with Crippen LogP contribution >= 0.6 is 0 Å². The molecule has 0 atom stereocenters. The van der Waals surface area contributed by atoms with Gasteiger partial charge in [0.1, 0.15) is 5.52 Å². The fraction of sp³-hybridized carbons (Fsp3) is 0.278. The summed E-state index contributed by atoms with van der Waals surface area (Å²) in [5.74, 6) is 0. The van der Waals surface area contributed by atoms with Crippen molar-refractivity contribution in [1.82, 2.24) is 19.9 Å². The van der Waals surface area contributed by atoms with Crippen molar-refractivity contribution in [1.29, 1.82) is 0 Å². The number of amides is 1. The molecular formula is C18H20N4O2. The standard InChI is InChI=1S/C18H20N4O2/c1-2-24-18-21-16-15(11-7-12-19-16)22(18)17(23)20-13-6-10-14-8-4-3-5-9-14/h3-5,7-9,11-12H,2,6,10,13H2,1H3,(H,20,23). The highest BCUT2D eigenvalue weighted by Gasteiger charge is 2.17. The number of ether oxygens (including phenoxy) is 1. The molecule has 1 N–H and O–H groups in total. The van der Waals surface area contributed by atoms with Crippen molar-refractivity contribution in [3.8, 4) is 6.01 Å². The fourth-order valence-electron chi connectivity index (χ4n) is 2.53. The number of fused-ring (bicyclic) bond motifs is 1. The number of imidazole rings is 1. The van der Waals surface area contributed by atoms with Crippen LogP contribution < -0.4 is 10.1 Å². The minimum Gasteiger partial charge on any atom is -0.465 e. The zero-order valence-corrected chi connectivity index (χ0v) is 13.6. The monoisotopic (exact) mass is 324 g/mol. The van der Waals surface area contributed by atoms with Crippen LogP contribution in [0.1, 0.15) is 18.9 Å². The van der Waals surface area contributed by atoms with E-state index in [1.54, 1.807) is 18.3 Å². The van der Waals surface area contributed by atoms with Crippen LogP contribution in [0, 0.1) is 0 Å². The van der Waals surface area contributed by atoms with Gasteiger partial charge in [0.05, 0.1) is 6.61 Å². The van der Waals surface area contributed by atoms with E-state index in [9.17, 15) is 4.79 Å². The summed E-state index contributed by atoms with van der Waals surface area (Å²) >= 11 is 0. The summed E-state index contributed by atoms with van der Waals surface area (Å²) < 4.78 is 6.91. The molecule has 0 aliphatic rings. The normalized spacial score (nSPS) is 10.7. The topological polar surface area (TPSA) is 69.0 Å². The first kappa shape index (κ1) is 16.0. The van der Waals surface area contributed by atoms with Gasteiger partial charge in [-0.1, -0.05) is 30.3 Å². The molecule has 3 rings (SSSR count). The zero-order valence-electron chi connectivity index (χ0n) is 13.6. The predicted octanol–water partition coefficient (Wildman–Crippen LogP) is 3.02. The van der Waals surface area contributed by atoms with E-state index in [0.29, 0.717) is 24.3 Å². The Labute approximate surface area is 140 Å². The Morgan fingerprint density at radius 2 is 2.04 bits per heavy atom. The number of aromatic nitrogens is 3. The molecule has 0 aliphatic heterocycles. The smallest absolute Gasteiger partial charge is 0.330 e. The van der Waals surface area contributed by atoms with Gasteiger partial charge in [0, 0.05) is 12.7 Å². The number of rotatable bonds is 6. The van der Waals surface area contributed by atoms with Gasteiger partial charge >= 0.3 is 12.0 Å². The molecule has 0 fully saturated rings. The maximum Gasteiger partial charge on any atom is 0.330 e. The fourth-order valence-corrected chi connectivity index (χ4v) is 2.53. The molecule has 6 heteroatoms. The summed E-state index contributed by atoms with van der Waals surface area (Å²) in [7, 11) is 0. The predicted molar refractivity (Wildman–Crippen MR) is 92.3 cm³/mol. The van der Waals surface area contributed by atoms with Gasteiger partial charge in [-0.3, -0.25) is 0 Å². The summed E-state index contributed by atoms with van der Waals surface area (Å²) in [5, 5.41) is 2.92. The van der Waals surface area contributed by atoms with Crippen LogP contribution in [-0.2, 0) is 6.42 Å². The van der Waals surface area contributed by atoms with E-state index in [1.807, 2.05) is 25.1 Å². The Morgan fingerprint density at radius 1 is 1.21 bits per heavy atom. The maximum absolute atomic E-state index is 12.5. The minimum absolute atomic E-state index is 0.248. The van der Waals surface area contributed by atoms with Crippen molar-refractivity contribution in [2.24, 2.45) is 0 Å². The molecule has 0 spiro atoms. The molecule has 0 saturated carbocycles. The van der Waals surface area contributed by atoms with Gasteiger partial charge < -0.3 is 10.1 Å². The highest BCUT2D eigenvalue weighted by Crippen LogP contribution is 2.19. The number of benzene rings is 1. The third-order valence-electron chi connectivity index (χ3n) is 3.64. The lowest BCUT2D eigenvalue weighted by Gasteiger charge is -2.09. The van der Waals surface area contributed by atoms with E-state index in [-0.39, 0.29) is 12.0 Å². The van der Waals surface area contributed by atoms with Crippen molar-refractivity contribution >= 4 is 17.2 Å². The second-order valence-corrected chi connectivity index (χ2v) is 5.33. The molecular weight excluding hydrogens is 304 g/mol. The third kappa shape index (κ3) is 3.53. The molecule has 2 heterocycles. The van der Waals surface area contributed by atoms with Gasteiger partial charge in [-0.25, -0.2) is 14.3 Å². The summed E-state index contributed by atoms with van der Waals surface area (Å²) in [6.07, 6.45) is 3.43. The zero-order chi connectivity index (χ0) is 16.8. The van der Waals surface area contributed by atoms with E-state index in [1.165, 1.54) is 10.1 Å². The molecule has 6 nitrogen and oxygen atoms in total. The number of hydrogen-bond acceptors (Lipinski definition) is 4. The number of carbonyl (C=O) groups is 1. The van der Waals surface area contributed by atoms with Gasteiger partial charge in [-0.15, -0.1) is 0 Å². The lowest BCUT2D eigenvalue weighted by Crippen LogP contribution is -2.30. The van der Waals surface area contributed by atoms with Crippen LogP contribution in [0.3, 0.4) is 0 Å². The van der Waals surface area contributed by atoms with Crippen molar-refractivity contribution in [2.75, 3.05) is 13.2 Å². The first-order valence-corrected chi connectivity index (χ1v) is 8.08. The highest BCUT2D eigenvalue weighted by molar-refractivity contribution is 5.89. The van der Waals surface area contributed by atoms with E-state index in [4.69, 9.17) is 4.74 Å². The minimum atomic E-state index is -0.248. The van der Waals surface area contributed by atoms with Crippen molar-refractivity contribution in [3.05, 3.63) is 54.2 Å². The molecule has 0 unspecified atom stereocenters. The Morgan fingerprint density at radius 3 is 2.83 bits per heavy atom. The molecule has 1 amide bonds. The van der Waals surface area contributed by atoms with Crippen LogP contribution in [0.15, 0.2) is 48.7 Å². The van der Waals surface area contributed by atoms with Gasteiger partial charge in [-0.2, -0.15) is 4.98 Å². The molecule has 1 aromatic carbocycles. The Hall–Kier alpha value is -2.89. The Kier molecular flexibility index (Phi) is 5.05. The van der Waals surface area contributed by atoms with Gasteiger partial charge in [0.15, 0.2) is 5.65 Å². The first-order chi connectivity index (χ1) is 11.8. The molecule has 0 radical (unpaired) electrons. The first-order valence-electron chi connectivity index (χ1n) is 8.08. The van der Waals surface area contributed by atoms with Gasteiger partial charge in [0.2, 0.25) is 0 Å². The average molecular weight is 324 g/mol. The summed E-state index contributed by atoms with van der Waals surface area (Å²) in [6.45, 7) is 2.87. The summed E-state index contributed by atoms with van der Waals surface area (Å²) in [6, 6.07) is 13.8. The van der Waals surface area contributed by atoms with Crippen molar-refractivity contribution in [2.45, 2.75) is 19.8 Å². The van der Waals surface area contributed by atoms with Crippen molar-refractivity contribution in [3.63, 3.8) is 0 Å². The molecule has 3 aromatic rings. The molecule has 2 aromatic heterocycles. The molecule has 0 bridgehead atoms. The number of hydrogen-bond donors (Lipinski definition) is 1. The second kappa shape index (κ2) is 7.59. The van der Waals surface area contributed by atoms with Crippen LogP contribution in [0.5, 0.6) is 6.01 Å². The number of nitrogens with zero attached hydrogens (tertiary/aromatic N) is 3. The van der Waals surface area contributed by atoms with Gasteiger partial charge in [0.25, 0.3) is 0 Å². The van der Waals surface area contributed by atoms with Crippen LogP contribution in [-0.4, -0.2) is 33.7 Å². The summed E-state index contributed by atoms with van der Waals surface area (Å²) in [4.78, 5) is 21.0. The SMILES string of the molecule is CCOc1nc2ncccc2n1C(=O)NCCCc1ccccc1.